The summed E-state index contributed by atoms with van der Waals surface area (Å²) in [5.74, 6) is 0. The first kappa shape index (κ1) is 21.6. The Morgan fingerprint density at radius 1 is 1.06 bits per heavy atom. The topological polar surface area (TPSA) is 34.0 Å². The Morgan fingerprint density at radius 3 is 2.45 bits per heavy atom. The second kappa shape index (κ2) is 8.46. The largest absolute Gasteiger partial charge is 0.416 e. The van der Waals surface area contributed by atoms with E-state index in [1.165, 1.54) is 11.3 Å². The van der Waals surface area contributed by atoms with E-state index in [0.717, 1.165) is 60.6 Å². The molecule has 1 aliphatic rings. The van der Waals surface area contributed by atoms with Gasteiger partial charge in [0.05, 0.1) is 23.5 Å². The molecule has 0 spiro atoms. The lowest BCUT2D eigenvalue weighted by Crippen LogP contribution is -2.24. The molecule has 0 amide bonds. The predicted octanol–water partition coefficient (Wildman–Crippen LogP) is 5.38. The average molecular weight is 429 g/mol. The Kier molecular flexibility index (Phi) is 5.88. The van der Waals surface area contributed by atoms with Crippen molar-refractivity contribution >= 4 is 0 Å². The van der Waals surface area contributed by atoms with Crippen molar-refractivity contribution in [2.45, 2.75) is 51.9 Å². The standard InChI is InChI=1S/C24H27F3N4/c1-16-11-19(12-18-6-8-21(9-7-18)24(25,26)27)13-22(29-16)23-5-4-10-31(23)15-20-14-28-30(3)17(20)2/h6-9,11,13-14,23H,4-5,10,12,15H2,1-3H3. The highest BCUT2D eigenvalue weighted by Crippen LogP contribution is 2.34. The van der Waals surface area contributed by atoms with Crippen molar-refractivity contribution in [1.29, 1.82) is 0 Å². The third kappa shape index (κ3) is 4.82. The summed E-state index contributed by atoms with van der Waals surface area (Å²) >= 11 is 0. The van der Waals surface area contributed by atoms with Crippen molar-refractivity contribution in [1.82, 2.24) is 19.7 Å². The van der Waals surface area contributed by atoms with Gasteiger partial charge in [-0.1, -0.05) is 12.1 Å². The van der Waals surface area contributed by atoms with E-state index in [0.29, 0.717) is 6.42 Å². The van der Waals surface area contributed by atoms with Crippen LogP contribution in [0.25, 0.3) is 0 Å². The smallest absolute Gasteiger partial charge is 0.290 e. The monoisotopic (exact) mass is 428 g/mol. The molecule has 164 valence electrons. The number of hydrogen-bond donors (Lipinski definition) is 0. The van der Waals surface area contributed by atoms with E-state index >= 15 is 0 Å². The number of rotatable bonds is 5. The van der Waals surface area contributed by atoms with Crippen LogP contribution in [0.5, 0.6) is 0 Å². The van der Waals surface area contributed by atoms with Gasteiger partial charge in [-0.3, -0.25) is 14.6 Å². The highest BCUT2D eigenvalue weighted by molar-refractivity contribution is 5.32. The van der Waals surface area contributed by atoms with Gasteiger partial charge < -0.3 is 0 Å². The number of nitrogens with zero attached hydrogens (tertiary/aromatic N) is 4. The minimum atomic E-state index is -4.31. The van der Waals surface area contributed by atoms with Gasteiger partial charge >= 0.3 is 6.18 Å². The molecule has 3 aromatic rings. The number of pyridine rings is 1. The molecule has 7 heteroatoms. The molecule has 4 rings (SSSR count). The fourth-order valence-corrected chi connectivity index (χ4v) is 4.36. The summed E-state index contributed by atoms with van der Waals surface area (Å²) in [4.78, 5) is 7.26. The third-order valence-corrected chi connectivity index (χ3v) is 6.14. The van der Waals surface area contributed by atoms with Crippen LogP contribution >= 0.6 is 0 Å². The van der Waals surface area contributed by atoms with Crippen molar-refractivity contribution in [3.8, 4) is 0 Å². The van der Waals surface area contributed by atoms with Gasteiger partial charge in [-0.15, -0.1) is 0 Å². The van der Waals surface area contributed by atoms with Gasteiger partial charge in [0.2, 0.25) is 0 Å². The maximum atomic E-state index is 12.8. The molecule has 3 heterocycles. The zero-order valence-corrected chi connectivity index (χ0v) is 18.1. The fourth-order valence-electron chi connectivity index (χ4n) is 4.36. The van der Waals surface area contributed by atoms with Crippen LogP contribution < -0.4 is 0 Å². The molecule has 0 aliphatic carbocycles. The highest BCUT2D eigenvalue weighted by Gasteiger charge is 2.30. The van der Waals surface area contributed by atoms with Crippen molar-refractivity contribution < 1.29 is 13.2 Å². The van der Waals surface area contributed by atoms with E-state index in [-0.39, 0.29) is 6.04 Å². The first-order chi connectivity index (χ1) is 14.7. The molecule has 2 aromatic heterocycles. The minimum absolute atomic E-state index is 0.242. The first-order valence-corrected chi connectivity index (χ1v) is 10.6. The lowest BCUT2D eigenvalue weighted by atomic mass is 10.0. The highest BCUT2D eigenvalue weighted by atomic mass is 19.4. The van der Waals surface area contributed by atoms with Crippen molar-refractivity contribution in [3.63, 3.8) is 0 Å². The minimum Gasteiger partial charge on any atom is -0.290 e. The van der Waals surface area contributed by atoms with E-state index < -0.39 is 11.7 Å². The van der Waals surface area contributed by atoms with Crippen LogP contribution in [0.3, 0.4) is 0 Å². The number of aromatic nitrogens is 3. The third-order valence-electron chi connectivity index (χ3n) is 6.14. The van der Waals surface area contributed by atoms with E-state index in [2.05, 4.69) is 23.0 Å². The van der Waals surface area contributed by atoms with Crippen LogP contribution in [-0.4, -0.2) is 26.2 Å². The molecule has 4 nitrogen and oxygen atoms in total. The van der Waals surface area contributed by atoms with Gasteiger partial charge in [0, 0.05) is 30.5 Å². The van der Waals surface area contributed by atoms with Gasteiger partial charge in [0.25, 0.3) is 0 Å². The van der Waals surface area contributed by atoms with Crippen LogP contribution in [0.4, 0.5) is 13.2 Å². The van der Waals surface area contributed by atoms with Gasteiger partial charge in [-0.25, -0.2) is 0 Å². The van der Waals surface area contributed by atoms with Gasteiger partial charge in [0.15, 0.2) is 0 Å². The van der Waals surface area contributed by atoms with Crippen LogP contribution in [0, 0.1) is 13.8 Å². The molecule has 0 N–H and O–H groups in total. The van der Waals surface area contributed by atoms with Crippen molar-refractivity contribution in [3.05, 3.63) is 81.9 Å². The summed E-state index contributed by atoms with van der Waals surface area (Å²) in [7, 11) is 1.95. The Morgan fingerprint density at radius 2 is 1.81 bits per heavy atom. The van der Waals surface area contributed by atoms with Gasteiger partial charge in [0.1, 0.15) is 0 Å². The normalized spacial score (nSPS) is 17.4. The maximum absolute atomic E-state index is 12.8. The molecule has 1 unspecified atom stereocenters. The van der Waals surface area contributed by atoms with Crippen LogP contribution in [0.2, 0.25) is 0 Å². The molecule has 31 heavy (non-hydrogen) atoms. The predicted molar refractivity (Wildman–Crippen MR) is 114 cm³/mol. The number of aryl methyl sites for hydroxylation is 2. The number of hydrogen-bond acceptors (Lipinski definition) is 3. The molecule has 0 radical (unpaired) electrons. The lowest BCUT2D eigenvalue weighted by molar-refractivity contribution is -0.137. The molecule has 0 bridgehead atoms. The maximum Gasteiger partial charge on any atom is 0.416 e. The Balaban J connectivity index is 1.53. The zero-order valence-electron chi connectivity index (χ0n) is 18.1. The van der Waals surface area contributed by atoms with Crippen LogP contribution in [-0.2, 0) is 26.2 Å². The van der Waals surface area contributed by atoms with Crippen LogP contribution in [0.15, 0.2) is 42.6 Å². The van der Waals surface area contributed by atoms with E-state index in [4.69, 9.17) is 4.98 Å². The summed E-state index contributed by atoms with van der Waals surface area (Å²) in [5.41, 5.74) is 5.70. The summed E-state index contributed by atoms with van der Waals surface area (Å²) in [6, 6.07) is 9.80. The van der Waals surface area contributed by atoms with Crippen molar-refractivity contribution in [2.75, 3.05) is 6.54 Å². The average Bonchev–Trinajstić information content (AvgIpc) is 3.29. The molecule has 1 saturated heterocycles. The SMILES string of the molecule is Cc1cc(Cc2ccc(C(F)(F)F)cc2)cc(C2CCCN2Cc2cnn(C)c2C)n1. The zero-order chi connectivity index (χ0) is 22.2. The molecule has 1 aliphatic heterocycles. The van der Waals surface area contributed by atoms with E-state index in [1.54, 1.807) is 12.1 Å². The summed E-state index contributed by atoms with van der Waals surface area (Å²) in [6.45, 7) is 5.92. The van der Waals surface area contributed by atoms with Gasteiger partial charge in [-0.2, -0.15) is 18.3 Å². The molecule has 1 aromatic carbocycles. The first-order valence-electron chi connectivity index (χ1n) is 10.6. The number of benzene rings is 1. The molecule has 1 fully saturated rings. The summed E-state index contributed by atoms with van der Waals surface area (Å²) in [6.07, 6.45) is 0.383. The molecular weight excluding hydrogens is 401 g/mol. The second-order valence-electron chi connectivity index (χ2n) is 8.42. The quantitative estimate of drug-likeness (QED) is 0.547. The number of likely N-dealkylation sites (tertiary alicyclic amines) is 1. The molecule has 1 atom stereocenters. The van der Waals surface area contributed by atoms with Crippen molar-refractivity contribution in [2.24, 2.45) is 7.05 Å². The summed E-state index contributed by atoms with van der Waals surface area (Å²) < 4.78 is 40.4. The second-order valence-corrected chi connectivity index (χ2v) is 8.42. The molecular formula is C24H27F3N4. The number of alkyl halides is 3. The van der Waals surface area contributed by atoms with E-state index in [9.17, 15) is 13.2 Å². The molecule has 0 saturated carbocycles. The van der Waals surface area contributed by atoms with E-state index in [1.807, 2.05) is 30.9 Å². The Bertz CT molecular complexity index is 1050. The fraction of sp³-hybridized carbons (Fsp3) is 0.417. The Hall–Kier alpha value is -2.67. The number of halogens is 3. The van der Waals surface area contributed by atoms with Crippen LogP contribution in [0.1, 0.15) is 58.2 Å². The Labute approximate surface area is 180 Å². The van der Waals surface area contributed by atoms with Gasteiger partial charge in [-0.05, 0) is 75.0 Å². The summed E-state index contributed by atoms with van der Waals surface area (Å²) in [5, 5.41) is 4.36. The lowest BCUT2D eigenvalue weighted by Gasteiger charge is -2.24.